The van der Waals surface area contributed by atoms with Crippen LogP contribution in [0.3, 0.4) is 0 Å². The summed E-state index contributed by atoms with van der Waals surface area (Å²) in [6.07, 6.45) is 101. The van der Waals surface area contributed by atoms with Crippen molar-refractivity contribution in [3.8, 4) is 0 Å². The third-order valence-electron chi connectivity index (χ3n) is 15.6. The zero-order valence-electron chi connectivity index (χ0n) is 59.2. The number of carbonyl (C=O) groups is 3. The van der Waals surface area contributed by atoms with E-state index in [1.54, 1.807) is 0 Å². The third kappa shape index (κ3) is 72.5. The molecule has 0 N–H and O–H groups in total. The van der Waals surface area contributed by atoms with Gasteiger partial charge in [-0.1, -0.05) is 307 Å². The van der Waals surface area contributed by atoms with Gasteiger partial charge in [0, 0.05) is 12.8 Å². The number of esters is 2. The molecule has 0 aromatic rings. The predicted octanol–water partition coefficient (Wildman–Crippen LogP) is 22.1. The van der Waals surface area contributed by atoms with E-state index in [1.807, 2.05) is 21.1 Å². The van der Waals surface area contributed by atoms with E-state index in [-0.39, 0.29) is 38.6 Å². The number of carbonyl (C=O) groups excluding carboxylic acids is 3. The standard InChI is InChI=1S/C82H137NO8/c1-6-8-10-12-14-16-18-20-22-24-26-28-30-32-34-36-38-39-40-41-43-45-47-49-51-53-55-57-59-61-63-65-67-69-71-73-80(85)91-78(77-90-82(81(86)87)88-75-74-83(3,4)5)76-89-79(84)72-70-68-66-64-62-60-58-56-54-52-50-48-46-44-42-37-35-33-31-29-27-25-23-21-19-17-15-13-11-9-7-2/h8,10,14,16,19-22,25-28,31-34,38-39,41,43,47,49,53,55,78,82H,6-7,9,11-13,15,17-18,23-24,29-30,35-37,40,42,44-46,48,50-52,54,56-77H2,1-5H3/b10-8-,16-14-,21-19-,22-20-,27-25-,28-26-,33-31-,34-32-,39-38-,43-41-,49-47-,55-53-. The number of likely N-dealkylation sites (N-methyl/N-ethyl adjacent to an activating group) is 1. The van der Waals surface area contributed by atoms with Gasteiger partial charge in [-0.2, -0.15) is 0 Å². The molecule has 0 heterocycles. The van der Waals surface area contributed by atoms with Gasteiger partial charge in [0.05, 0.1) is 40.3 Å². The minimum atomic E-state index is -1.63. The van der Waals surface area contributed by atoms with Gasteiger partial charge in [0.1, 0.15) is 13.2 Å². The van der Waals surface area contributed by atoms with Crippen molar-refractivity contribution in [2.24, 2.45) is 0 Å². The lowest BCUT2D eigenvalue weighted by atomic mass is 10.0. The zero-order valence-corrected chi connectivity index (χ0v) is 59.2. The summed E-state index contributed by atoms with van der Waals surface area (Å²) in [7, 11) is 5.92. The van der Waals surface area contributed by atoms with E-state index in [0.717, 1.165) is 116 Å². The Hall–Kier alpha value is -4.83. The van der Waals surface area contributed by atoms with Gasteiger partial charge in [0.25, 0.3) is 0 Å². The summed E-state index contributed by atoms with van der Waals surface area (Å²) in [6.45, 7) is 4.62. The fourth-order valence-electron chi connectivity index (χ4n) is 9.95. The topological polar surface area (TPSA) is 111 Å². The van der Waals surface area contributed by atoms with E-state index in [0.29, 0.717) is 17.4 Å². The van der Waals surface area contributed by atoms with Crippen molar-refractivity contribution in [2.75, 3.05) is 47.5 Å². The van der Waals surface area contributed by atoms with Crippen molar-refractivity contribution >= 4 is 17.9 Å². The molecule has 518 valence electrons. The van der Waals surface area contributed by atoms with Crippen molar-refractivity contribution < 1.29 is 42.9 Å². The Morgan fingerprint density at radius 3 is 0.934 bits per heavy atom. The maximum atomic E-state index is 12.9. The van der Waals surface area contributed by atoms with Crippen LogP contribution in [0.15, 0.2) is 146 Å². The van der Waals surface area contributed by atoms with Crippen molar-refractivity contribution in [1.82, 2.24) is 0 Å². The number of quaternary nitrogens is 1. The molecule has 0 aliphatic rings. The Morgan fingerprint density at radius 2 is 0.626 bits per heavy atom. The molecule has 91 heavy (non-hydrogen) atoms. The second kappa shape index (κ2) is 71.0. The van der Waals surface area contributed by atoms with Gasteiger partial charge in [-0.25, -0.2) is 0 Å². The second-order valence-corrected chi connectivity index (χ2v) is 25.5. The van der Waals surface area contributed by atoms with Crippen molar-refractivity contribution in [3.05, 3.63) is 146 Å². The van der Waals surface area contributed by atoms with Crippen LogP contribution in [0.4, 0.5) is 0 Å². The lowest BCUT2D eigenvalue weighted by molar-refractivity contribution is -0.870. The lowest BCUT2D eigenvalue weighted by Gasteiger charge is -2.26. The van der Waals surface area contributed by atoms with Crippen LogP contribution in [-0.4, -0.2) is 82.3 Å². The van der Waals surface area contributed by atoms with Gasteiger partial charge in [-0.15, -0.1) is 0 Å². The van der Waals surface area contributed by atoms with Crippen LogP contribution < -0.4 is 5.11 Å². The molecular formula is C82H137NO8. The van der Waals surface area contributed by atoms with Crippen molar-refractivity contribution in [3.63, 3.8) is 0 Å². The number of nitrogens with zero attached hydrogens (tertiary/aromatic N) is 1. The smallest absolute Gasteiger partial charge is 0.306 e. The summed E-state index contributed by atoms with van der Waals surface area (Å²) >= 11 is 0. The Kier molecular flexibility index (Phi) is 67.3. The van der Waals surface area contributed by atoms with Crippen molar-refractivity contribution in [1.29, 1.82) is 0 Å². The summed E-state index contributed by atoms with van der Waals surface area (Å²) in [4.78, 5) is 37.5. The van der Waals surface area contributed by atoms with Crippen LogP contribution in [0.25, 0.3) is 0 Å². The minimum Gasteiger partial charge on any atom is -0.545 e. The number of rotatable bonds is 67. The molecule has 2 unspecified atom stereocenters. The fraction of sp³-hybridized carbons (Fsp3) is 0.671. The molecule has 0 bridgehead atoms. The molecular weight excluding hydrogens is 1130 g/mol. The maximum Gasteiger partial charge on any atom is 0.306 e. The molecule has 0 radical (unpaired) electrons. The highest BCUT2D eigenvalue weighted by Gasteiger charge is 2.22. The lowest BCUT2D eigenvalue weighted by Crippen LogP contribution is -2.44. The van der Waals surface area contributed by atoms with Gasteiger partial charge in [-0.05, 0) is 122 Å². The molecule has 0 amide bonds. The fourth-order valence-corrected chi connectivity index (χ4v) is 9.95. The first-order valence-corrected chi connectivity index (χ1v) is 37.0. The third-order valence-corrected chi connectivity index (χ3v) is 15.6. The Bertz CT molecular complexity index is 2010. The second-order valence-electron chi connectivity index (χ2n) is 25.5. The summed E-state index contributed by atoms with van der Waals surface area (Å²) in [5, 5.41) is 11.8. The van der Waals surface area contributed by atoms with Crippen LogP contribution >= 0.6 is 0 Å². The number of hydrogen-bond donors (Lipinski definition) is 0. The van der Waals surface area contributed by atoms with Crippen LogP contribution in [0, 0.1) is 0 Å². The van der Waals surface area contributed by atoms with E-state index in [4.69, 9.17) is 18.9 Å². The first-order valence-electron chi connectivity index (χ1n) is 37.0. The maximum absolute atomic E-state index is 12.9. The molecule has 0 saturated carbocycles. The number of carboxylic acids is 1. The molecule has 0 aliphatic heterocycles. The number of hydrogen-bond acceptors (Lipinski definition) is 8. The highest BCUT2D eigenvalue weighted by Crippen LogP contribution is 2.17. The van der Waals surface area contributed by atoms with Crippen LogP contribution in [0.1, 0.15) is 296 Å². The molecule has 2 atom stereocenters. The normalized spacial score (nSPS) is 13.5. The molecule has 9 heteroatoms. The van der Waals surface area contributed by atoms with Gasteiger partial charge in [0.15, 0.2) is 12.4 Å². The van der Waals surface area contributed by atoms with Crippen LogP contribution in [0.2, 0.25) is 0 Å². The molecule has 0 aliphatic carbocycles. The molecule has 0 saturated heterocycles. The molecule has 0 fully saturated rings. The van der Waals surface area contributed by atoms with Crippen LogP contribution in [-0.2, 0) is 33.3 Å². The average molecular weight is 1260 g/mol. The summed E-state index contributed by atoms with van der Waals surface area (Å²) in [5.74, 6) is -2.30. The molecule has 0 aromatic heterocycles. The SMILES string of the molecule is CC/C=C\C/C=C\C/C=C\C/C=C\C/C=C\C/C=C\C/C=C\C/C=C\C/C=C\CCCCCCCCCC(=O)OC(COC(=O)CCCCCCCCCCCCCCCCCC/C=C\C/C=C\C/C=C\CCCCCCC)COC(OCC[N+](C)(C)C)C(=O)[O-]. The average Bonchev–Trinajstić information content (AvgIpc) is 3.46. The molecule has 9 nitrogen and oxygen atoms in total. The largest absolute Gasteiger partial charge is 0.545 e. The highest BCUT2D eigenvalue weighted by atomic mass is 16.7. The Morgan fingerprint density at radius 1 is 0.341 bits per heavy atom. The summed E-state index contributed by atoms with van der Waals surface area (Å²) < 4.78 is 22.8. The van der Waals surface area contributed by atoms with E-state index in [2.05, 4.69) is 160 Å². The van der Waals surface area contributed by atoms with Crippen LogP contribution in [0.5, 0.6) is 0 Å². The Balaban J connectivity index is 4.17. The number of allylic oxidation sites excluding steroid dienone is 24. The number of aliphatic carboxylic acids is 1. The van der Waals surface area contributed by atoms with Crippen molar-refractivity contribution in [2.45, 2.75) is 309 Å². The Labute approximate surface area is 560 Å². The van der Waals surface area contributed by atoms with E-state index in [1.165, 1.54) is 148 Å². The van der Waals surface area contributed by atoms with Gasteiger partial charge >= 0.3 is 11.9 Å². The molecule has 0 spiro atoms. The zero-order chi connectivity index (χ0) is 66.1. The van der Waals surface area contributed by atoms with E-state index in [9.17, 15) is 19.5 Å². The number of carboxylic acid groups (broad SMARTS) is 1. The van der Waals surface area contributed by atoms with E-state index < -0.39 is 24.3 Å². The predicted molar refractivity (Wildman–Crippen MR) is 389 cm³/mol. The summed E-state index contributed by atoms with van der Waals surface area (Å²) in [5.41, 5.74) is 0. The monoisotopic (exact) mass is 1260 g/mol. The number of ether oxygens (including phenoxy) is 4. The molecule has 0 aromatic carbocycles. The summed E-state index contributed by atoms with van der Waals surface area (Å²) in [6, 6.07) is 0. The first-order chi connectivity index (χ1) is 44.6. The minimum absolute atomic E-state index is 0.139. The quantitative estimate of drug-likeness (QED) is 0.0195. The van der Waals surface area contributed by atoms with Gasteiger partial charge < -0.3 is 33.3 Å². The first kappa shape index (κ1) is 86.2. The highest BCUT2D eigenvalue weighted by molar-refractivity contribution is 5.70. The number of unbranched alkanes of at least 4 members (excludes halogenated alkanes) is 28. The van der Waals surface area contributed by atoms with E-state index >= 15 is 0 Å². The van der Waals surface area contributed by atoms with Gasteiger partial charge in [0.2, 0.25) is 0 Å². The van der Waals surface area contributed by atoms with Gasteiger partial charge in [-0.3, -0.25) is 9.59 Å². The molecule has 0 rings (SSSR count).